The normalized spacial score (nSPS) is 26.1. The Hall–Kier alpha value is -1.98. The summed E-state index contributed by atoms with van der Waals surface area (Å²) < 4.78 is 27.1. The van der Waals surface area contributed by atoms with Crippen LogP contribution in [0.25, 0.3) is 0 Å². The zero-order chi connectivity index (χ0) is 21.0. The van der Waals surface area contributed by atoms with Crippen molar-refractivity contribution in [3.05, 3.63) is 17.0 Å². The van der Waals surface area contributed by atoms with Crippen molar-refractivity contribution < 1.29 is 22.8 Å². The number of amides is 4. The van der Waals surface area contributed by atoms with Crippen molar-refractivity contribution in [1.29, 1.82) is 0 Å². The van der Waals surface area contributed by atoms with Gasteiger partial charge < -0.3 is 10.2 Å². The zero-order valence-corrected chi connectivity index (χ0v) is 18.0. The summed E-state index contributed by atoms with van der Waals surface area (Å²) in [5, 5.41) is 2.73. The van der Waals surface area contributed by atoms with Crippen molar-refractivity contribution in [3.63, 3.8) is 0 Å². The fraction of sp³-hybridized carbons (Fsp3) is 0.611. The summed E-state index contributed by atoms with van der Waals surface area (Å²) in [7, 11) is -3.56. The number of imide groups is 1. The summed E-state index contributed by atoms with van der Waals surface area (Å²) in [4.78, 5) is 41.0. The lowest BCUT2D eigenvalue weighted by Crippen LogP contribution is -2.53. The Balaban J connectivity index is 1.36. The first-order chi connectivity index (χ1) is 13.6. The van der Waals surface area contributed by atoms with E-state index in [9.17, 15) is 22.8 Å². The summed E-state index contributed by atoms with van der Waals surface area (Å²) >= 11 is 1.23. The molecule has 1 unspecified atom stereocenters. The number of carbonyl (C=O) groups is 3. The summed E-state index contributed by atoms with van der Waals surface area (Å²) in [6.07, 6.45) is 1.79. The third-order valence-corrected chi connectivity index (χ3v) is 9.26. The van der Waals surface area contributed by atoms with E-state index in [4.69, 9.17) is 0 Å². The van der Waals surface area contributed by atoms with Gasteiger partial charge in [-0.3, -0.25) is 14.5 Å². The number of nitrogens with zero attached hydrogens (tertiary/aromatic N) is 3. The van der Waals surface area contributed by atoms with Crippen LogP contribution in [0.3, 0.4) is 0 Å². The first-order valence-corrected chi connectivity index (χ1v) is 11.9. The number of aryl methyl sites for hydroxylation is 1. The Labute approximate surface area is 173 Å². The quantitative estimate of drug-likeness (QED) is 0.675. The lowest BCUT2D eigenvalue weighted by Gasteiger charge is -2.34. The lowest BCUT2D eigenvalue weighted by molar-refractivity contribution is -0.139. The third kappa shape index (κ3) is 3.55. The SMILES string of the molecule is Cc1ccc(S(=O)(=O)N2CCN(C(=O)CN3C(=O)NC(C)(C4CC4)C3=O)CC2)s1. The molecule has 0 bridgehead atoms. The molecule has 1 saturated carbocycles. The molecule has 4 amide bonds. The van der Waals surface area contributed by atoms with Gasteiger partial charge in [-0.15, -0.1) is 11.3 Å². The second kappa shape index (κ2) is 7.06. The Morgan fingerprint density at radius 3 is 2.41 bits per heavy atom. The molecule has 2 saturated heterocycles. The molecule has 9 nitrogen and oxygen atoms in total. The van der Waals surface area contributed by atoms with Crippen molar-refractivity contribution in [2.45, 2.75) is 36.4 Å². The maximum atomic E-state index is 12.7. The van der Waals surface area contributed by atoms with Crippen LogP contribution < -0.4 is 5.32 Å². The summed E-state index contributed by atoms with van der Waals surface area (Å²) in [6, 6.07) is 2.83. The number of hydrogen-bond donors (Lipinski definition) is 1. The zero-order valence-electron chi connectivity index (χ0n) is 16.4. The van der Waals surface area contributed by atoms with Crippen LogP contribution in [0, 0.1) is 12.8 Å². The van der Waals surface area contributed by atoms with Crippen molar-refractivity contribution in [2.24, 2.45) is 5.92 Å². The van der Waals surface area contributed by atoms with Gasteiger partial charge in [0.05, 0.1) is 0 Å². The molecule has 3 heterocycles. The minimum absolute atomic E-state index is 0.133. The molecule has 1 aromatic heterocycles. The van der Waals surface area contributed by atoms with Gasteiger partial charge in [0.1, 0.15) is 16.3 Å². The Bertz CT molecular complexity index is 963. The standard InChI is InChI=1S/C18H24N4O5S2/c1-12-3-6-15(28-12)29(26,27)21-9-7-20(8-10-21)14(23)11-22-16(24)18(2,13-4-5-13)19-17(22)25/h3,6,13H,4-5,7-11H2,1-2H3,(H,19,25). The second-order valence-electron chi connectivity index (χ2n) is 7.95. The molecule has 1 aliphatic carbocycles. The monoisotopic (exact) mass is 440 g/mol. The van der Waals surface area contributed by atoms with E-state index in [0.29, 0.717) is 4.21 Å². The van der Waals surface area contributed by atoms with E-state index in [1.165, 1.54) is 20.5 Å². The highest BCUT2D eigenvalue weighted by molar-refractivity contribution is 7.91. The fourth-order valence-electron chi connectivity index (χ4n) is 3.89. The van der Waals surface area contributed by atoms with E-state index < -0.39 is 21.6 Å². The van der Waals surface area contributed by atoms with Gasteiger partial charge in [-0.05, 0) is 44.7 Å². The van der Waals surface area contributed by atoms with Crippen LogP contribution in [-0.4, -0.2) is 78.6 Å². The molecule has 2 aliphatic heterocycles. The van der Waals surface area contributed by atoms with Crippen LogP contribution >= 0.6 is 11.3 Å². The first kappa shape index (κ1) is 20.3. The highest BCUT2D eigenvalue weighted by Crippen LogP contribution is 2.42. The molecule has 0 spiro atoms. The number of carbonyl (C=O) groups excluding carboxylic acids is 3. The molecule has 1 atom stereocenters. The Morgan fingerprint density at radius 2 is 1.86 bits per heavy atom. The molecular weight excluding hydrogens is 416 g/mol. The Morgan fingerprint density at radius 1 is 1.21 bits per heavy atom. The largest absolute Gasteiger partial charge is 0.338 e. The van der Waals surface area contributed by atoms with Crippen molar-refractivity contribution in [1.82, 2.24) is 19.4 Å². The minimum Gasteiger partial charge on any atom is -0.338 e. The third-order valence-electron chi connectivity index (χ3n) is 5.89. The number of thiophene rings is 1. The van der Waals surface area contributed by atoms with E-state index in [-0.39, 0.29) is 50.5 Å². The summed E-state index contributed by atoms with van der Waals surface area (Å²) in [6.45, 7) is 4.08. The average Bonchev–Trinajstić information content (AvgIpc) is 3.42. The summed E-state index contributed by atoms with van der Waals surface area (Å²) in [5.74, 6) is -0.570. The van der Waals surface area contributed by atoms with Crippen LogP contribution in [0.5, 0.6) is 0 Å². The molecule has 0 aromatic carbocycles. The molecule has 4 rings (SSSR count). The van der Waals surface area contributed by atoms with Gasteiger partial charge in [0, 0.05) is 31.1 Å². The van der Waals surface area contributed by atoms with Crippen molar-refractivity contribution >= 4 is 39.2 Å². The molecule has 11 heteroatoms. The molecule has 3 fully saturated rings. The molecular formula is C18H24N4O5S2. The van der Waals surface area contributed by atoms with Gasteiger partial charge in [-0.25, -0.2) is 13.2 Å². The Kier molecular flexibility index (Phi) is 4.94. The van der Waals surface area contributed by atoms with Gasteiger partial charge in [0.15, 0.2) is 0 Å². The number of urea groups is 1. The van der Waals surface area contributed by atoms with E-state index in [1.807, 2.05) is 6.92 Å². The van der Waals surface area contributed by atoms with Crippen LogP contribution in [-0.2, 0) is 19.6 Å². The van der Waals surface area contributed by atoms with Gasteiger partial charge >= 0.3 is 6.03 Å². The number of hydrogen-bond acceptors (Lipinski definition) is 6. The van der Waals surface area contributed by atoms with Crippen LogP contribution in [0.4, 0.5) is 4.79 Å². The van der Waals surface area contributed by atoms with Crippen LogP contribution in [0.15, 0.2) is 16.3 Å². The van der Waals surface area contributed by atoms with Gasteiger partial charge in [-0.1, -0.05) is 0 Å². The highest BCUT2D eigenvalue weighted by atomic mass is 32.2. The topological polar surface area (TPSA) is 107 Å². The highest BCUT2D eigenvalue weighted by Gasteiger charge is 2.56. The van der Waals surface area contributed by atoms with E-state index >= 15 is 0 Å². The number of nitrogens with one attached hydrogen (secondary N) is 1. The van der Waals surface area contributed by atoms with Crippen molar-refractivity contribution in [2.75, 3.05) is 32.7 Å². The second-order valence-corrected chi connectivity index (χ2v) is 11.4. The summed E-state index contributed by atoms with van der Waals surface area (Å²) in [5.41, 5.74) is -0.914. The van der Waals surface area contributed by atoms with E-state index in [2.05, 4.69) is 5.32 Å². The van der Waals surface area contributed by atoms with E-state index in [1.54, 1.807) is 19.1 Å². The maximum absolute atomic E-state index is 12.7. The van der Waals surface area contributed by atoms with Crippen LogP contribution in [0.2, 0.25) is 0 Å². The molecule has 0 radical (unpaired) electrons. The molecule has 1 N–H and O–H groups in total. The number of rotatable bonds is 5. The average molecular weight is 441 g/mol. The van der Waals surface area contributed by atoms with Crippen molar-refractivity contribution in [3.8, 4) is 0 Å². The predicted molar refractivity (Wildman–Crippen MR) is 106 cm³/mol. The van der Waals surface area contributed by atoms with E-state index in [0.717, 1.165) is 22.6 Å². The molecule has 158 valence electrons. The maximum Gasteiger partial charge on any atom is 0.325 e. The fourth-order valence-corrected chi connectivity index (χ4v) is 6.75. The van der Waals surface area contributed by atoms with Gasteiger partial charge in [0.2, 0.25) is 5.91 Å². The smallest absolute Gasteiger partial charge is 0.325 e. The number of piperazine rings is 1. The number of sulfonamides is 1. The lowest BCUT2D eigenvalue weighted by atomic mass is 9.96. The minimum atomic E-state index is -3.56. The predicted octanol–water partition coefficient (Wildman–Crippen LogP) is 0.610. The molecule has 3 aliphatic rings. The first-order valence-electron chi connectivity index (χ1n) is 9.61. The van der Waals surface area contributed by atoms with Crippen LogP contribution in [0.1, 0.15) is 24.6 Å². The van der Waals surface area contributed by atoms with Gasteiger partial charge in [0.25, 0.3) is 15.9 Å². The molecule has 1 aromatic rings. The van der Waals surface area contributed by atoms with Gasteiger partial charge in [-0.2, -0.15) is 4.31 Å². The molecule has 29 heavy (non-hydrogen) atoms.